The summed E-state index contributed by atoms with van der Waals surface area (Å²) >= 11 is 6.00. The number of nitrogens with one attached hydrogen (secondary N) is 1. The number of aromatic nitrogens is 1. The minimum Gasteiger partial charge on any atom is -0.481 e. The molecule has 0 aliphatic carbocycles. The number of halogens is 1. The van der Waals surface area contributed by atoms with Gasteiger partial charge >= 0.3 is 0 Å². The van der Waals surface area contributed by atoms with Crippen molar-refractivity contribution in [3.63, 3.8) is 0 Å². The highest BCUT2D eigenvalue weighted by Crippen LogP contribution is 2.11. The molecule has 1 unspecified atom stereocenters. The van der Waals surface area contributed by atoms with Crippen molar-refractivity contribution in [2.75, 3.05) is 32.7 Å². The van der Waals surface area contributed by atoms with Gasteiger partial charge in [0.2, 0.25) is 5.88 Å². The van der Waals surface area contributed by atoms with Gasteiger partial charge in [-0.2, -0.15) is 4.98 Å². The van der Waals surface area contributed by atoms with E-state index in [9.17, 15) is 0 Å². The summed E-state index contributed by atoms with van der Waals surface area (Å²) in [6.07, 6.45) is 0.828. The van der Waals surface area contributed by atoms with Crippen LogP contribution in [0.15, 0.2) is 18.2 Å². The van der Waals surface area contributed by atoms with Crippen LogP contribution in [0.25, 0.3) is 0 Å². The first-order valence-corrected chi connectivity index (χ1v) is 5.58. The van der Waals surface area contributed by atoms with Crippen molar-refractivity contribution in [2.24, 2.45) is 0 Å². The Bertz CT molecular complexity index is 310. The molecule has 0 aliphatic heterocycles. The lowest BCUT2D eigenvalue weighted by molar-refractivity contribution is 0.196. The average Bonchev–Trinajstić information content (AvgIpc) is 2.30. The van der Waals surface area contributed by atoms with Gasteiger partial charge in [0, 0.05) is 19.7 Å². The minimum absolute atomic E-state index is 0.0307. The highest BCUT2D eigenvalue weighted by molar-refractivity contribution is 6.20. The first kappa shape index (κ1) is 13.1. The van der Waals surface area contributed by atoms with E-state index in [0.29, 0.717) is 12.5 Å². The van der Waals surface area contributed by atoms with Crippen LogP contribution in [-0.2, 0) is 4.74 Å². The van der Waals surface area contributed by atoms with Gasteiger partial charge < -0.3 is 14.8 Å². The quantitative estimate of drug-likeness (QED) is 0.747. The van der Waals surface area contributed by atoms with Crippen molar-refractivity contribution in [2.45, 2.75) is 11.8 Å². The lowest BCUT2D eigenvalue weighted by Gasteiger charge is -2.10. The SMILES string of the molecule is COCC(Cl)CCNc1cccc(OC)n1. The maximum atomic E-state index is 6.00. The highest BCUT2D eigenvalue weighted by atomic mass is 35.5. The van der Waals surface area contributed by atoms with Crippen LogP contribution in [0.1, 0.15) is 6.42 Å². The molecule has 0 bridgehead atoms. The van der Waals surface area contributed by atoms with Gasteiger partial charge in [-0.05, 0) is 12.5 Å². The van der Waals surface area contributed by atoms with Crippen molar-refractivity contribution in [3.8, 4) is 5.88 Å². The fourth-order valence-electron chi connectivity index (χ4n) is 1.25. The van der Waals surface area contributed by atoms with E-state index in [1.165, 1.54) is 0 Å². The van der Waals surface area contributed by atoms with Gasteiger partial charge in [0.25, 0.3) is 0 Å². The first-order chi connectivity index (χ1) is 7.76. The van der Waals surface area contributed by atoms with Crippen molar-refractivity contribution in [1.29, 1.82) is 0 Å². The van der Waals surface area contributed by atoms with E-state index in [2.05, 4.69) is 10.3 Å². The smallest absolute Gasteiger partial charge is 0.214 e. The summed E-state index contributed by atoms with van der Waals surface area (Å²) in [6, 6.07) is 5.59. The first-order valence-electron chi connectivity index (χ1n) is 5.14. The molecule has 0 aliphatic rings. The van der Waals surface area contributed by atoms with Crippen LogP contribution in [0.4, 0.5) is 5.82 Å². The Balaban J connectivity index is 2.31. The number of anilines is 1. The van der Waals surface area contributed by atoms with E-state index in [1.807, 2.05) is 12.1 Å². The molecule has 1 rings (SSSR count). The zero-order chi connectivity index (χ0) is 11.8. The molecule has 0 fully saturated rings. The Morgan fingerprint density at radius 3 is 2.94 bits per heavy atom. The molecule has 1 aromatic heterocycles. The maximum absolute atomic E-state index is 6.00. The zero-order valence-corrected chi connectivity index (χ0v) is 10.3. The van der Waals surface area contributed by atoms with Crippen LogP contribution >= 0.6 is 11.6 Å². The van der Waals surface area contributed by atoms with Crippen molar-refractivity contribution < 1.29 is 9.47 Å². The summed E-state index contributed by atoms with van der Waals surface area (Å²) in [5.41, 5.74) is 0. The van der Waals surface area contributed by atoms with E-state index in [1.54, 1.807) is 20.3 Å². The monoisotopic (exact) mass is 244 g/mol. The van der Waals surface area contributed by atoms with Crippen LogP contribution in [0.2, 0.25) is 0 Å². The number of hydrogen-bond donors (Lipinski definition) is 1. The van der Waals surface area contributed by atoms with Crippen LogP contribution in [0, 0.1) is 0 Å². The van der Waals surface area contributed by atoms with Gasteiger partial charge in [-0.15, -0.1) is 11.6 Å². The Morgan fingerprint density at radius 2 is 2.25 bits per heavy atom. The molecule has 1 heterocycles. The molecule has 0 saturated carbocycles. The molecule has 0 saturated heterocycles. The standard InChI is InChI=1S/C11H17ClN2O2/c1-15-8-9(12)6-7-13-10-4-3-5-11(14-10)16-2/h3-5,9H,6-8H2,1-2H3,(H,13,14). The predicted octanol–water partition coefficient (Wildman–Crippen LogP) is 2.15. The molecule has 1 N–H and O–H groups in total. The number of pyridine rings is 1. The third kappa shape index (κ3) is 4.68. The molecular formula is C11H17ClN2O2. The second kappa shape index (κ2) is 7.30. The van der Waals surface area contributed by atoms with Crippen molar-refractivity contribution >= 4 is 17.4 Å². The third-order valence-corrected chi connectivity index (χ3v) is 2.39. The van der Waals surface area contributed by atoms with E-state index in [4.69, 9.17) is 21.1 Å². The molecule has 0 amide bonds. The Labute approximate surface area is 101 Å². The lowest BCUT2D eigenvalue weighted by Crippen LogP contribution is -2.13. The van der Waals surface area contributed by atoms with Gasteiger partial charge in [-0.3, -0.25) is 0 Å². The van der Waals surface area contributed by atoms with Gasteiger partial charge in [-0.25, -0.2) is 0 Å². The summed E-state index contributed by atoms with van der Waals surface area (Å²) < 4.78 is 9.97. The van der Waals surface area contributed by atoms with Crippen LogP contribution in [0.3, 0.4) is 0 Å². The molecule has 1 aromatic rings. The summed E-state index contributed by atoms with van der Waals surface area (Å²) in [5.74, 6) is 1.39. The van der Waals surface area contributed by atoms with E-state index in [-0.39, 0.29) is 5.38 Å². The molecule has 0 radical (unpaired) electrons. The van der Waals surface area contributed by atoms with E-state index in [0.717, 1.165) is 18.8 Å². The van der Waals surface area contributed by atoms with Crippen molar-refractivity contribution in [3.05, 3.63) is 18.2 Å². The fraction of sp³-hybridized carbons (Fsp3) is 0.545. The summed E-state index contributed by atoms with van der Waals surface area (Å²) in [5, 5.41) is 3.21. The van der Waals surface area contributed by atoms with Crippen LogP contribution in [-0.4, -0.2) is 37.7 Å². The van der Waals surface area contributed by atoms with Gasteiger partial charge in [0.1, 0.15) is 5.82 Å². The minimum atomic E-state index is 0.0307. The Kier molecular flexibility index (Phi) is 5.96. The molecule has 90 valence electrons. The molecule has 5 heteroatoms. The van der Waals surface area contributed by atoms with Crippen molar-refractivity contribution in [1.82, 2.24) is 4.98 Å². The van der Waals surface area contributed by atoms with E-state index < -0.39 is 0 Å². The third-order valence-electron chi connectivity index (χ3n) is 2.04. The maximum Gasteiger partial charge on any atom is 0.214 e. The van der Waals surface area contributed by atoms with E-state index >= 15 is 0 Å². The normalized spacial score (nSPS) is 12.2. The number of methoxy groups -OCH3 is 2. The highest BCUT2D eigenvalue weighted by Gasteiger charge is 2.03. The van der Waals surface area contributed by atoms with Gasteiger partial charge in [0.15, 0.2) is 0 Å². The molecule has 1 atom stereocenters. The molecule has 0 spiro atoms. The summed E-state index contributed by atoms with van der Waals surface area (Å²) in [6.45, 7) is 1.33. The Hall–Kier alpha value is -1.00. The number of ether oxygens (including phenoxy) is 2. The van der Waals surface area contributed by atoms with Gasteiger partial charge in [-0.1, -0.05) is 6.07 Å². The largest absolute Gasteiger partial charge is 0.481 e. The second-order valence-electron chi connectivity index (χ2n) is 3.33. The fourth-order valence-corrected chi connectivity index (χ4v) is 1.48. The summed E-state index contributed by atoms with van der Waals surface area (Å²) in [7, 11) is 3.24. The predicted molar refractivity (Wildman–Crippen MR) is 65.4 cm³/mol. The summed E-state index contributed by atoms with van der Waals surface area (Å²) in [4.78, 5) is 4.23. The zero-order valence-electron chi connectivity index (χ0n) is 9.57. The topological polar surface area (TPSA) is 43.4 Å². The lowest BCUT2D eigenvalue weighted by atomic mass is 10.3. The second-order valence-corrected chi connectivity index (χ2v) is 3.95. The average molecular weight is 245 g/mol. The number of rotatable bonds is 7. The molecular weight excluding hydrogens is 228 g/mol. The molecule has 0 aromatic carbocycles. The number of nitrogens with zero attached hydrogens (tertiary/aromatic N) is 1. The number of alkyl halides is 1. The van der Waals surface area contributed by atoms with Crippen LogP contribution in [0.5, 0.6) is 5.88 Å². The Morgan fingerprint density at radius 1 is 1.44 bits per heavy atom. The van der Waals surface area contributed by atoms with Crippen LogP contribution < -0.4 is 10.1 Å². The number of hydrogen-bond acceptors (Lipinski definition) is 4. The molecule has 4 nitrogen and oxygen atoms in total. The van der Waals surface area contributed by atoms with Gasteiger partial charge in [0.05, 0.1) is 19.1 Å². The molecule has 16 heavy (non-hydrogen) atoms.